The number of hydrogen-bond donors (Lipinski definition) is 0. The fourth-order valence-electron chi connectivity index (χ4n) is 6.69. The van der Waals surface area contributed by atoms with E-state index in [4.69, 9.17) is 4.52 Å². The molecular weight excluding hydrogens is 474 g/mol. The summed E-state index contributed by atoms with van der Waals surface area (Å²) in [7, 11) is 0. The van der Waals surface area contributed by atoms with E-state index in [9.17, 15) is 0 Å². The molecular formula is C25H40IOP. The highest BCUT2D eigenvalue weighted by Gasteiger charge is 2.54. The Kier molecular flexibility index (Phi) is 8.16. The van der Waals surface area contributed by atoms with Gasteiger partial charge in [-0.2, -0.15) is 0 Å². The summed E-state index contributed by atoms with van der Waals surface area (Å²) in [6.45, 7) is 12.2. The van der Waals surface area contributed by atoms with Crippen molar-refractivity contribution in [3.8, 4) is 5.75 Å². The van der Waals surface area contributed by atoms with Crippen LogP contribution in [0.3, 0.4) is 0 Å². The standard InChI is InChI=1S/C22H32IOP.C3H8/c1-4-5-15-12-20-18(10-11-22(3)14(2)6-9-21(20)22)17-8-7-16(24-25-23)13-19(15)17;1-3-2/h7-8,13-15,18,20-21,25H,4-6,9-12H2,1-3H3;3H2,1-2H3. The highest BCUT2D eigenvalue weighted by atomic mass is 127. The van der Waals surface area contributed by atoms with E-state index in [0.29, 0.717) is 11.9 Å². The van der Waals surface area contributed by atoms with E-state index in [0.717, 1.165) is 35.3 Å². The molecule has 2 fully saturated rings. The number of rotatable bonds is 4. The van der Waals surface area contributed by atoms with Gasteiger partial charge in [0, 0.05) is 0 Å². The van der Waals surface area contributed by atoms with Gasteiger partial charge in [0.2, 0.25) is 0 Å². The van der Waals surface area contributed by atoms with Crippen LogP contribution in [0.2, 0.25) is 0 Å². The minimum atomic E-state index is 0.506. The van der Waals surface area contributed by atoms with Crippen molar-refractivity contribution in [3.63, 3.8) is 0 Å². The molecule has 1 nitrogen and oxygen atoms in total. The summed E-state index contributed by atoms with van der Waals surface area (Å²) in [4.78, 5) is 0. The minimum Gasteiger partial charge on any atom is -0.467 e. The van der Waals surface area contributed by atoms with E-state index >= 15 is 0 Å². The molecule has 0 N–H and O–H groups in total. The maximum absolute atomic E-state index is 5.85. The molecule has 1 aromatic carbocycles. The van der Waals surface area contributed by atoms with Crippen molar-refractivity contribution in [2.45, 2.75) is 97.8 Å². The van der Waals surface area contributed by atoms with Crippen molar-refractivity contribution in [1.82, 2.24) is 0 Å². The van der Waals surface area contributed by atoms with Gasteiger partial charge in [0.15, 0.2) is 0 Å². The molecule has 0 aliphatic heterocycles. The first-order chi connectivity index (χ1) is 13.5. The van der Waals surface area contributed by atoms with Gasteiger partial charge in [-0.05, 0) is 119 Å². The molecule has 2 saturated carbocycles. The molecule has 3 aliphatic carbocycles. The third kappa shape index (κ3) is 4.29. The molecule has 7 atom stereocenters. The molecule has 7 unspecified atom stereocenters. The van der Waals surface area contributed by atoms with E-state index in [1.54, 1.807) is 11.1 Å². The Bertz CT molecular complexity index is 647. The molecule has 0 spiro atoms. The predicted molar refractivity (Wildman–Crippen MR) is 133 cm³/mol. The smallest absolute Gasteiger partial charge is 0.137 e. The SMILES string of the molecule is CCC.CCCC1CC2C(CCC3(C)C(C)CCC23)c2ccc(OPI)cc21. The first-order valence-electron chi connectivity index (χ1n) is 11.7. The Hall–Kier alpha value is 0.180. The van der Waals surface area contributed by atoms with Crippen LogP contribution in [0.25, 0.3) is 0 Å². The quantitative estimate of drug-likeness (QED) is 0.287. The highest BCUT2D eigenvalue weighted by molar-refractivity contribution is 14.2. The van der Waals surface area contributed by atoms with Crippen LogP contribution >= 0.6 is 28.5 Å². The zero-order valence-corrected chi connectivity index (χ0v) is 21.7. The number of fused-ring (bicyclic) bond motifs is 5. The van der Waals surface area contributed by atoms with Crippen molar-refractivity contribution in [3.05, 3.63) is 29.3 Å². The molecule has 28 heavy (non-hydrogen) atoms. The van der Waals surface area contributed by atoms with Crippen LogP contribution in [-0.4, -0.2) is 0 Å². The first kappa shape index (κ1) is 22.9. The van der Waals surface area contributed by atoms with Crippen molar-refractivity contribution in [2.24, 2.45) is 23.2 Å². The Labute approximate surface area is 188 Å². The second-order valence-corrected chi connectivity index (χ2v) is 11.5. The number of halogens is 1. The van der Waals surface area contributed by atoms with E-state index in [1.807, 2.05) is 0 Å². The molecule has 158 valence electrons. The van der Waals surface area contributed by atoms with Crippen molar-refractivity contribution in [2.75, 3.05) is 0 Å². The second kappa shape index (κ2) is 9.99. The van der Waals surface area contributed by atoms with Crippen molar-refractivity contribution in [1.29, 1.82) is 0 Å². The van der Waals surface area contributed by atoms with Crippen LogP contribution < -0.4 is 4.52 Å². The molecule has 4 rings (SSSR count). The lowest BCUT2D eigenvalue weighted by atomic mass is 9.53. The molecule has 0 heterocycles. The van der Waals surface area contributed by atoms with Gasteiger partial charge in [0.1, 0.15) is 12.2 Å². The monoisotopic (exact) mass is 514 g/mol. The van der Waals surface area contributed by atoms with Crippen LogP contribution in [0, 0.1) is 23.2 Å². The fraction of sp³-hybridized carbons (Fsp3) is 0.760. The summed E-state index contributed by atoms with van der Waals surface area (Å²) in [5, 5.41) is 0. The normalized spacial score (nSPS) is 36.3. The number of hydrogen-bond acceptors (Lipinski definition) is 1. The minimum absolute atomic E-state index is 0.506. The summed E-state index contributed by atoms with van der Waals surface area (Å²) in [5.41, 5.74) is 3.92. The van der Waals surface area contributed by atoms with Gasteiger partial charge in [-0.3, -0.25) is 0 Å². The molecule has 3 aliphatic rings. The second-order valence-electron chi connectivity index (χ2n) is 9.80. The Morgan fingerprint density at radius 3 is 2.57 bits per heavy atom. The average molecular weight is 514 g/mol. The van der Waals surface area contributed by atoms with Gasteiger partial charge in [-0.25, -0.2) is 0 Å². The summed E-state index contributed by atoms with van der Waals surface area (Å²) < 4.78 is 5.85. The lowest BCUT2D eigenvalue weighted by Crippen LogP contribution is -2.42. The van der Waals surface area contributed by atoms with Gasteiger partial charge < -0.3 is 4.52 Å². The molecule has 0 amide bonds. The van der Waals surface area contributed by atoms with Crippen molar-refractivity contribution >= 4 is 28.5 Å². The predicted octanol–water partition coefficient (Wildman–Crippen LogP) is 9.26. The van der Waals surface area contributed by atoms with Gasteiger partial charge in [-0.1, -0.05) is 53.5 Å². The van der Waals surface area contributed by atoms with Crippen LogP contribution in [0.4, 0.5) is 0 Å². The van der Waals surface area contributed by atoms with E-state index in [2.05, 4.69) is 74.9 Å². The zero-order chi connectivity index (χ0) is 20.3. The Morgan fingerprint density at radius 1 is 1.14 bits per heavy atom. The molecule has 0 saturated heterocycles. The van der Waals surface area contributed by atoms with Crippen LogP contribution in [0.5, 0.6) is 5.75 Å². The average Bonchev–Trinajstić information content (AvgIpc) is 2.98. The molecule has 0 bridgehead atoms. The third-order valence-corrected chi connectivity index (χ3v) is 9.13. The van der Waals surface area contributed by atoms with Gasteiger partial charge >= 0.3 is 0 Å². The molecule has 0 aromatic heterocycles. The Balaban J connectivity index is 0.000000706. The van der Waals surface area contributed by atoms with Gasteiger partial charge in [0.25, 0.3) is 0 Å². The van der Waals surface area contributed by atoms with Crippen molar-refractivity contribution < 1.29 is 4.52 Å². The topological polar surface area (TPSA) is 9.23 Å². The van der Waals surface area contributed by atoms with E-state index in [-0.39, 0.29) is 0 Å². The van der Waals surface area contributed by atoms with Crippen LogP contribution in [-0.2, 0) is 0 Å². The third-order valence-electron chi connectivity index (χ3n) is 8.16. The van der Waals surface area contributed by atoms with Crippen LogP contribution in [0.15, 0.2) is 18.2 Å². The summed E-state index contributed by atoms with van der Waals surface area (Å²) in [5.74, 6) is 5.45. The van der Waals surface area contributed by atoms with E-state index in [1.165, 1.54) is 51.4 Å². The summed E-state index contributed by atoms with van der Waals surface area (Å²) >= 11 is 2.32. The molecule has 1 aromatic rings. The summed E-state index contributed by atoms with van der Waals surface area (Å²) in [6.07, 6.45) is 11.1. The first-order valence-corrected chi connectivity index (χ1v) is 15.7. The maximum atomic E-state index is 5.85. The lowest BCUT2D eigenvalue weighted by molar-refractivity contribution is 0.0283. The highest BCUT2D eigenvalue weighted by Crippen LogP contribution is 2.64. The largest absolute Gasteiger partial charge is 0.467 e. The zero-order valence-electron chi connectivity index (χ0n) is 18.6. The summed E-state index contributed by atoms with van der Waals surface area (Å²) in [6, 6.07) is 7.06. The van der Waals surface area contributed by atoms with Gasteiger partial charge in [-0.15, -0.1) is 0 Å². The molecule has 3 heteroatoms. The molecule has 0 radical (unpaired) electrons. The Morgan fingerprint density at radius 2 is 1.89 bits per heavy atom. The maximum Gasteiger partial charge on any atom is 0.137 e. The lowest BCUT2D eigenvalue weighted by Gasteiger charge is -2.52. The van der Waals surface area contributed by atoms with Gasteiger partial charge in [0.05, 0.1) is 0 Å². The fourth-order valence-corrected chi connectivity index (χ4v) is 7.67. The van der Waals surface area contributed by atoms with Crippen LogP contribution in [0.1, 0.15) is 109 Å². The van der Waals surface area contributed by atoms with E-state index < -0.39 is 0 Å². The number of benzene rings is 1.